The predicted octanol–water partition coefficient (Wildman–Crippen LogP) is 3.51. The molecule has 144 valence electrons. The smallest absolute Gasteiger partial charge is 0.269 e. The average Bonchev–Trinajstić information content (AvgIpc) is 2.71. The van der Waals surface area contributed by atoms with Gasteiger partial charge in [-0.15, -0.1) is 0 Å². The normalized spacial score (nSPS) is 10.2. The Balaban J connectivity index is 2.01. The summed E-state index contributed by atoms with van der Waals surface area (Å²) in [5.41, 5.74) is 6.83. The maximum atomic E-state index is 12.3. The molecule has 0 bridgehead atoms. The number of amides is 2. The predicted molar refractivity (Wildman–Crippen MR) is 104 cm³/mol. The monoisotopic (exact) mass is 370 g/mol. The third kappa shape index (κ3) is 5.74. The van der Waals surface area contributed by atoms with Crippen molar-refractivity contribution in [3.8, 4) is 11.5 Å². The van der Waals surface area contributed by atoms with Crippen LogP contribution >= 0.6 is 0 Å². The molecule has 0 aromatic heterocycles. The number of rotatable bonds is 8. The molecule has 0 aliphatic heterocycles. The van der Waals surface area contributed by atoms with Crippen molar-refractivity contribution in [2.75, 3.05) is 13.2 Å². The number of carbonyl (C=O) groups excluding carboxylic acids is 2. The molecule has 2 N–H and O–H groups in total. The summed E-state index contributed by atoms with van der Waals surface area (Å²) in [5, 5.41) is 0. The first-order valence-corrected chi connectivity index (χ1v) is 9.18. The maximum absolute atomic E-state index is 12.3. The van der Waals surface area contributed by atoms with E-state index in [4.69, 9.17) is 9.47 Å². The Hall–Kier alpha value is -3.02. The molecule has 0 unspecified atom stereocenters. The zero-order valence-corrected chi connectivity index (χ0v) is 16.0. The third-order valence-electron chi connectivity index (χ3n) is 3.88. The van der Waals surface area contributed by atoms with E-state index in [1.807, 2.05) is 32.9 Å². The number of benzene rings is 2. The molecule has 0 saturated heterocycles. The lowest BCUT2D eigenvalue weighted by Gasteiger charge is -2.13. The average molecular weight is 370 g/mol. The molecule has 0 aliphatic carbocycles. The summed E-state index contributed by atoms with van der Waals surface area (Å²) in [5.74, 6) is 0.283. The van der Waals surface area contributed by atoms with Crippen molar-refractivity contribution >= 4 is 11.8 Å². The molecule has 6 nitrogen and oxygen atoms in total. The van der Waals surface area contributed by atoms with Gasteiger partial charge in [0.1, 0.15) is 0 Å². The minimum atomic E-state index is -0.434. The van der Waals surface area contributed by atoms with Gasteiger partial charge in [-0.25, -0.2) is 0 Å². The fraction of sp³-hybridized carbons (Fsp3) is 0.333. The second-order valence-electron chi connectivity index (χ2n) is 5.90. The Morgan fingerprint density at radius 1 is 0.815 bits per heavy atom. The van der Waals surface area contributed by atoms with Crippen LogP contribution in [0.25, 0.3) is 0 Å². The van der Waals surface area contributed by atoms with Gasteiger partial charge >= 0.3 is 0 Å². The van der Waals surface area contributed by atoms with Gasteiger partial charge in [0.05, 0.1) is 13.2 Å². The van der Waals surface area contributed by atoms with Crippen LogP contribution in [0.4, 0.5) is 0 Å². The molecule has 0 saturated carbocycles. The van der Waals surface area contributed by atoms with Gasteiger partial charge in [-0.3, -0.25) is 20.4 Å². The van der Waals surface area contributed by atoms with Crippen molar-refractivity contribution < 1.29 is 19.1 Å². The SMILES string of the molecule is CCCOc1ccc(C(=O)NNC(=O)c2ccc(CC)cc2)cc1OCC. The number of hydrogen-bond acceptors (Lipinski definition) is 4. The van der Waals surface area contributed by atoms with Crippen LogP contribution in [0.5, 0.6) is 11.5 Å². The van der Waals surface area contributed by atoms with E-state index >= 15 is 0 Å². The summed E-state index contributed by atoms with van der Waals surface area (Å²) in [6.45, 7) is 6.95. The molecule has 0 radical (unpaired) electrons. The number of hydrogen-bond donors (Lipinski definition) is 2. The summed E-state index contributed by atoms with van der Waals surface area (Å²) < 4.78 is 11.2. The number of carbonyl (C=O) groups is 2. The maximum Gasteiger partial charge on any atom is 0.269 e. The molecule has 2 aromatic carbocycles. The highest BCUT2D eigenvalue weighted by Crippen LogP contribution is 2.28. The largest absolute Gasteiger partial charge is 0.490 e. The van der Waals surface area contributed by atoms with Crippen molar-refractivity contribution in [1.29, 1.82) is 0 Å². The van der Waals surface area contributed by atoms with Gasteiger partial charge in [0, 0.05) is 11.1 Å². The second-order valence-corrected chi connectivity index (χ2v) is 5.90. The first-order valence-electron chi connectivity index (χ1n) is 9.18. The Morgan fingerprint density at radius 2 is 1.44 bits per heavy atom. The van der Waals surface area contributed by atoms with E-state index in [0.29, 0.717) is 35.8 Å². The summed E-state index contributed by atoms with van der Waals surface area (Å²) in [4.78, 5) is 24.5. The van der Waals surface area contributed by atoms with Crippen LogP contribution in [0.15, 0.2) is 42.5 Å². The van der Waals surface area contributed by atoms with Crippen molar-refractivity contribution in [3.05, 3.63) is 59.2 Å². The Labute approximate surface area is 159 Å². The first kappa shape index (κ1) is 20.3. The molecule has 0 fully saturated rings. The highest BCUT2D eigenvalue weighted by molar-refractivity contribution is 5.99. The van der Waals surface area contributed by atoms with Crippen LogP contribution in [-0.4, -0.2) is 25.0 Å². The van der Waals surface area contributed by atoms with Gasteiger partial charge in [-0.05, 0) is 55.7 Å². The van der Waals surface area contributed by atoms with E-state index in [2.05, 4.69) is 10.9 Å². The van der Waals surface area contributed by atoms with Gasteiger partial charge in [-0.1, -0.05) is 26.0 Å². The highest BCUT2D eigenvalue weighted by Gasteiger charge is 2.13. The summed E-state index contributed by atoms with van der Waals surface area (Å²) in [7, 11) is 0. The summed E-state index contributed by atoms with van der Waals surface area (Å²) in [6, 6.07) is 12.2. The minimum Gasteiger partial charge on any atom is -0.490 e. The van der Waals surface area contributed by atoms with Crippen LogP contribution < -0.4 is 20.3 Å². The molecular formula is C21H26N2O4. The van der Waals surface area contributed by atoms with Crippen molar-refractivity contribution in [2.45, 2.75) is 33.6 Å². The van der Waals surface area contributed by atoms with E-state index in [0.717, 1.165) is 18.4 Å². The molecule has 2 rings (SSSR count). The third-order valence-corrected chi connectivity index (χ3v) is 3.88. The van der Waals surface area contributed by atoms with E-state index < -0.39 is 5.91 Å². The van der Waals surface area contributed by atoms with Crippen molar-refractivity contribution in [3.63, 3.8) is 0 Å². The van der Waals surface area contributed by atoms with Gasteiger partial charge in [-0.2, -0.15) is 0 Å². The van der Waals surface area contributed by atoms with E-state index in [1.54, 1.807) is 30.3 Å². The molecule has 0 atom stereocenters. The van der Waals surface area contributed by atoms with Gasteiger partial charge in [0.15, 0.2) is 11.5 Å². The summed E-state index contributed by atoms with van der Waals surface area (Å²) >= 11 is 0. The van der Waals surface area contributed by atoms with Gasteiger partial charge in [0.25, 0.3) is 11.8 Å². The lowest BCUT2D eigenvalue weighted by atomic mass is 10.1. The second kappa shape index (κ2) is 10.2. The number of ether oxygens (including phenoxy) is 2. The molecule has 27 heavy (non-hydrogen) atoms. The quantitative estimate of drug-likeness (QED) is 0.697. The van der Waals surface area contributed by atoms with E-state index in [-0.39, 0.29) is 5.91 Å². The molecule has 2 amide bonds. The van der Waals surface area contributed by atoms with Crippen molar-refractivity contribution in [2.24, 2.45) is 0 Å². The molecule has 0 aliphatic rings. The zero-order chi connectivity index (χ0) is 19.6. The summed E-state index contributed by atoms with van der Waals surface area (Å²) in [6.07, 6.45) is 1.78. The fourth-order valence-electron chi connectivity index (χ4n) is 2.40. The molecule has 2 aromatic rings. The minimum absolute atomic E-state index is 0.365. The van der Waals surface area contributed by atoms with E-state index in [1.165, 1.54) is 0 Å². The number of aryl methyl sites for hydroxylation is 1. The topological polar surface area (TPSA) is 76.7 Å². The van der Waals surface area contributed by atoms with Crippen LogP contribution in [0.1, 0.15) is 53.5 Å². The first-order chi connectivity index (χ1) is 13.1. The molecule has 0 spiro atoms. The Morgan fingerprint density at radius 3 is 2.04 bits per heavy atom. The lowest BCUT2D eigenvalue weighted by molar-refractivity contribution is 0.0846. The van der Waals surface area contributed by atoms with Gasteiger partial charge in [0.2, 0.25) is 0 Å². The standard InChI is InChI=1S/C21H26N2O4/c1-4-13-27-18-12-11-17(14-19(18)26-6-3)21(25)23-22-20(24)16-9-7-15(5-2)8-10-16/h7-12,14H,4-6,13H2,1-3H3,(H,22,24)(H,23,25). The number of nitrogens with one attached hydrogen (secondary N) is 2. The highest BCUT2D eigenvalue weighted by atomic mass is 16.5. The van der Waals surface area contributed by atoms with Crippen LogP contribution in [0.3, 0.4) is 0 Å². The molecule has 0 heterocycles. The zero-order valence-electron chi connectivity index (χ0n) is 16.0. The van der Waals surface area contributed by atoms with Crippen LogP contribution in [0.2, 0.25) is 0 Å². The van der Waals surface area contributed by atoms with Crippen molar-refractivity contribution in [1.82, 2.24) is 10.9 Å². The Bertz CT molecular complexity index is 772. The Kier molecular flexibility index (Phi) is 7.67. The number of hydrazine groups is 1. The van der Waals surface area contributed by atoms with Crippen LogP contribution in [-0.2, 0) is 6.42 Å². The fourth-order valence-corrected chi connectivity index (χ4v) is 2.40. The van der Waals surface area contributed by atoms with Crippen LogP contribution in [0, 0.1) is 0 Å². The molecular weight excluding hydrogens is 344 g/mol. The van der Waals surface area contributed by atoms with Gasteiger partial charge < -0.3 is 9.47 Å². The van der Waals surface area contributed by atoms with E-state index in [9.17, 15) is 9.59 Å². The lowest BCUT2D eigenvalue weighted by Crippen LogP contribution is -2.41. The molecule has 6 heteroatoms.